The molecule has 2 rings (SSSR count). The van der Waals surface area contributed by atoms with Gasteiger partial charge in [-0.1, -0.05) is 15.9 Å². The molecule has 0 atom stereocenters. The van der Waals surface area contributed by atoms with Crippen LogP contribution >= 0.6 is 15.9 Å². The molecule has 1 N–H and O–H groups in total. The van der Waals surface area contributed by atoms with E-state index in [1.165, 1.54) is 0 Å². The molecule has 0 aromatic heterocycles. The van der Waals surface area contributed by atoms with Crippen LogP contribution in [-0.2, 0) is 0 Å². The quantitative estimate of drug-likeness (QED) is 0.869. The number of carbonyl (C=O) groups is 1. The van der Waals surface area contributed by atoms with Crippen LogP contribution in [0.4, 0.5) is 5.69 Å². The molecule has 1 aliphatic carbocycles. The van der Waals surface area contributed by atoms with Gasteiger partial charge in [0.25, 0.3) is 0 Å². The van der Waals surface area contributed by atoms with Crippen molar-refractivity contribution in [2.24, 2.45) is 5.92 Å². The van der Waals surface area contributed by atoms with E-state index in [9.17, 15) is 9.90 Å². The fourth-order valence-corrected chi connectivity index (χ4v) is 2.82. The Balaban J connectivity index is 2.13. The number of anilines is 1. The Morgan fingerprint density at radius 1 is 1.50 bits per heavy atom. The SMILES string of the molecule is CC(=O)c1cc(Br)ccc1N(C)CC1CC(O)C1. The van der Waals surface area contributed by atoms with Crippen molar-refractivity contribution in [2.45, 2.75) is 25.9 Å². The normalized spacial score (nSPS) is 22.4. The summed E-state index contributed by atoms with van der Waals surface area (Å²) in [6.07, 6.45) is 1.62. The zero-order chi connectivity index (χ0) is 13.3. The van der Waals surface area contributed by atoms with E-state index in [2.05, 4.69) is 20.8 Å². The van der Waals surface area contributed by atoms with Crippen molar-refractivity contribution in [2.75, 3.05) is 18.5 Å². The third-order valence-electron chi connectivity index (χ3n) is 3.49. The van der Waals surface area contributed by atoms with Gasteiger partial charge in [-0.2, -0.15) is 0 Å². The van der Waals surface area contributed by atoms with E-state index >= 15 is 0 Å². The molecule has 3 nitrogen and oxygen atoms in total. The van der Waals surface area contributed by atoms with Crippen LogP contribution in [0.2, 0.25) is 0 Å². The molecule has 0 saturated heterocycles. The zero-order valence-electron chi connectivity index (χ0n) is 10.7. The number of aliphatic hydroxyl groups excluding tert-OH is 1. The molecule has 1 saturated carbocycles. The molecule has 0 heterocycles. The molecule has 0 aliphatic heterocycles. The van der Waals surface area contributed by atoms with Crippen LogP contribution in [0.3, 0.4) is 0 Å². The number of hydrogen-bond donors (Lipinski definition) is 1. The number of hydrogen-bond acceptors (Lipinski definition) is 3. The fraction of sp³-hybridized carbons (Fsp3) is 0.500. The molecule has 4 heteroatoms. The summed E-state index contributed by atoms with van der Waals surface area (Å²) in [4.78, 5) is 13.8. The van der Waals surface area contributed by atoms with Gasteiger partial charge in [0, 0.05) is 29.3 Å². The average molecular weight is 312 g/mol. The smallest absolute Gasteiger partial charge is 0.161 e. The molecule has 0 amide bonds. The summed E-state index contributed by atoms with van der Waals surface area (Å²) < 4.78 is 0.920. The molecule has 1 fully saturated rings. The summed E-state index contributed by atoms with van der Waals surface area (Å²) in [5, 5.41) is 9.30. The minimum Gasteiger partial charge on any atom is -0.393 e. The highest BCUT2D eigenvalue weighted by Crippen LogP contribution is 2.31. The van der Waals surface area contributed by atoms with E-state index in [1.807, 2.05) is 25.2 Å². The summed E-state index contributed by atoms with van der Waals surface area (Å²) >= 11 is 3.39. The van der Waals surface area contributed by atoms with Crippen molar-refractivity contribution in [1.82, 2.24) is 0 Å². The van der Waals surface area contributed by atoms with E-state index in [1.54, 1.807) is 6.92 Å². The van der Waals surface area contributed by atoms with Crippen LogP contribution in [-0.4, -0.2) is 30.6 Å². The van der Waals surface area contributed by atoms with Crippen molar-refractivity contribution < 1.29 is 9.90 Å². The number of aliphatic hydroxyl groups is 1. The van der Waals surface area contributed by atoms with Crippen molar-refractivity contribution in [3.05, 3.63) is 28.2 Å². The molecule has 0 radical (unpaired) electrons. The molecule has 0 bridgehead atoms. The second-order valence-corrected chi connectivity index (χ2v) is 6.01. The van der Waals surface area contributed by atoms with Crippen LogP contribution in [0.25, 0.3) is 0 Å². The first-order valence-electron chi connectivity index (χ1n) is 6.17. The lowest BCUT2D eigenvalue weighted by Crippen LogP contribution is -2.37. The van der Waals surface area contributed by atoms with E-state index in [0.29, 0.717) is 5.92 Å². The summed E-state index contributed by atoms with van der Waals surface area (Å²) in [7, 11) is 2.00. The first kappa shape index (κ1) is 13.6. The Morgan fingerprint density at radius 3 is 2.72 bits per heavy atom. The van der Waals surface area contributed by atoms with E-state index in [4.69, 9.17) is 0 Å². The maximum atomic E-state index is 11.7. The third-order valence-corrected chi connectivity index (χ3v) is 3.99. The van der Waals surface area contributed by atoms with Gasteiger partial charge in [-0.05, 0) is 43.9 Å². The van der Waals surface area contributed by atoms with Gasteiger partial charge in [0.2, 0.25) is 0 Å². The molecule has 18 heavy (non-hydrogen) atoms. The van der Waals surface area contributed by atoms with Gasteiger partial charge < -0.3 is 10.0 Å². The molecule has 98 valence electrons. The number of carbonyl (C=O) groups excluding carboxylic acids is 1. The van der Waals surface area contributed by atoms with Gasteiger partial charge in [0.1, 0.15) is 0 Å². The number of benzene rings is 1. The molecule has 1 aliphatic rings. The molecular weight excluding hydrogens is 294 g/mol. The lowest BCUT2D eigenvalue weighted by molar-refractivity contribution is 0.0464. The second kappa shape index (κ2) is 5.41. The Morgan fingerprint density at radius 2 is 2.17 bits per heavy atom. The fourth-order valence-electron chi connectivity index (χ4n) is 2.46. The first-order valence-corrected chi connectivity index (χ1v) is 6.96. The van der Waals surface area contributed by atoms with Gasteiger partial charge in [0.05, 0.1) is 6.10 Å². The van der Waals surface area contributed by atoms with Crippen molar-refractivity contribution in [3.8, 4) is 0 Å². The Bertz CT molecular complexity index is 455. The van der Waals surface area contributed by atoms with Crippen molar-refractivity contribution >= 4 is 27.4 Å². The summed E-state index contributed by atoms with van der Waals surface area (Å²) in [5.41, 5.74) is 1.71. The standard InChI is InChI=1S/C14H18BrNO2/c1-9(17)13-7-11(15)3-4-14(13)16(2)8-10-5-12(18)6-10/h3-4,7,10,12,18H,5-6,8H2,1-2H3. The van der Waals surface area contributed by atoms with Crippen LogP contribution in [0, 0.1) is 5.92 Å². The van der Waals surface area contributed by atoms with Gasteiger partial charge in [-0.3, -0.25) is 4.79 Å². The molecule has 0 unspecified atom stereocenters. The van der Waals surface area contributed by atoms with Crippen LogP contribution < -0.4 is 4.90 Å². The summed E-state index contributed by atoms with van der Waals surface area (Å²) in [5.74, 6) is 0.611. The highest BCUT2D eigenvalue weighted by molar-refractivity contribution is 9.10. The second-order valence-electron chi connectivity index (χ2n) is 5.09. The maximum absolute atomic E-state index is 11.7. The lowest BCUT2D eigenvalue weighted by Gasteiger charge is -2.35. The van der Waals surface area contributed by atoms with Gasteiger partial charge in [-0.15, -0.1) is 0 Å². The molecular formula is C14H18BrNO2. The number of rotatable bonds is 4. The van der Waals surface area contributed by atoms with Crippen LogP contribution in [0.1, 0.15) is 30.1 Å². The predicted octanol–water partition coefficient (Wildman–Crippen LogP) is 2.86. The zero-order valence-corrected chi connectivity index (χ0v) is 12.3. The van der Waals surface area contributed by atoms with Gasteiger partial charge >= 0.3 is 0 Å². The number of Topliss-reactive ketones (excluding diaryl/α,β-unsaturated/α-hetero) is 1. The van der Waals surface area contributed by atoms with Crippen LogP contribution in [0.15, 0.2) is 22.7 Å². The Labute approximate surface area is 116 Å². The number of halogens is 1. The largest absolute Gasteiger partial charge is 0.393 e. The average Bonchev–Trinajstić information content (AvgIpc) is 2.26. The number of ketones is 1. The lowest BCUT2D eigenvalue weighted by atomic mass is 9.82. The maximum Gasteiger partial charge on any atom is 0.161 e. The minimum atomic E-state index is -0.124. The Hall–Kier alpha value is -0.870. The summed E-state index contributed by atoms with van der Waals surface area (Å²) in [6, 6.07) is 5.79. The highest BCUT2D eigenvalue weighted by Gasteiger charge is 2.28. The predicted molar refractivity (Wildman–Crippen MR) is 76.1 cm³/mol. The molecule has 1 aromatic rings. The third kappa shape index (κ3) is 2.93. The first-order chi connectivity index (χ1) is 8.47. The van der Waals surface area contributed by atoms with Crippen molar-refractivity contribution in [1.29, 1.82) is 0 Å². The van der Waals surface area contributed by atoms with E-state index < -0.39 is 0 Å². The summed E-state index contributed by atoms with van der Waals surface area (Å²) in [6.45, 7) is 2.48. The monoisotopic (exact) mass is 311 g/mol. The number of nitrogens with zero attached hydrogens (tertiary/aromatic N) is 1. The van der Waals surface area contributed by atoms with Crippen LogP contribution in [0.5, 0.6) is 0 Å². The van der Waals surface area contributed by atoms with Gasteiger partial charge in [0.15, 0.2) is 5.78 Å². The molecule has 0 spiro atoms. The van der Waals surface area contributed by atoms with Crippen molar-refractivity contribution in [3.63, 3.8) is 0 Å². The highest BCUT2D eigenvalue weighted by atomic mass is 79.9. The van der Waals surface area contributed by atoms with E-state index in [0.717, 1.165) is 35.1 Å². The Kier molecular flexibility index (Phi) is 4.07. The topological polar surface area (TPSA) is 40.5 Å². The van der Waals surface area contributed by atoms with E-state index in [-0.39, 0.29) is 11.9 Å². The minimum absolute atomic E-state index is 0.0757. The van der Waals surface area contributed by atoms with Gasteiger partial charge in [-0.25, -0.2) is 0 Å². The molecule has 1 aromatic carbocycles.